The van der Waals surface area contributed by atoms with Crippen molar-refractivity contribution in [3.8, 4) is 0 Å². The minimum absolute atomic E-state index is 0.119. The van der Waals surface area contributed by atoms with Crippen LogP contribution in [0.1, 0.15) is 83.2 Å². The lowest BCUT2D eigenvalue weighted by atomic mass is 9.47. The highest BCUT2D eigenvalue weighted by atomic mass is 16.3. The fourth-order valence-electron chi connectivity index (χ4n) is 9.69. The molecule has 8 atom stereocenters. The van der Waals surface area contributed by atoms with Crippen LogP contribution in [-0.2, 0) is 0 Å². The fraction of sp³-hybridized carbons (Fsp3) is 0.559. The van der Waals surface area contributed by atoms with Crippen LogP contribution in [0.5, 0.6) is 0 Å². The number of nitrogens with zero attached hydrogens (tertiary/aromatic N) is 2. The Morgan fingerprint density at radius 3 is 2.38 bits per heavy atom. The van der Waals surface area contributed by atoms with E-state index < -0.39 is 0 Å². The first-order chi connectivity index (χ1) is 18.0. The molecule has 0 aromatic heterocycles. The Morgan fingerprint density at radius 2 is 1.59 bits per heavy atom. The Morgan fingerprint density at radius 1 is 0.838 bits per heavy atom. The largest absolute Gasteiger partial charge is 0.393 e. The van der Waals surface area contributed by atoms with Gasteiger partial charge in [0.05, 0.1) is 17.8 Å². The third-order valence-electron chi connectivity index (χ3n) is 11.6. The van der Waals surface area contributed by atoms with Crippen LogP contribution in [-0.4, -0.2) is 16.9 Å². The molecule has 4 aliphatic carbocycles. The number of aliphatic hydroxyl groups is 1. The molecule has 194 valence electrons. The second kappa shape index (κ2) is 8.83. The van der Waals surface area contributed by atoms with E-state index in [1.54, 1.807) is 5.57 Å². The van der Waals surface area contributed by atoms with Gasteiger partial charge in [0.1, 0.15) is 0 Å². The second-order valence-corrected chi connectivity index (χ2v) is 13.2. The van der Waals surface area contributed by atoms with E-state index in [4.69, 9.17) is 5.10 Å². The molecule has 3 nitrogen and oxygen atoms in total. The molecule has 3 saturated carbocycles. The predicted molar refractivity (Wildman–Crippen MR) is 151 cm³/mol. The molecule has 1 N–H and O–H groups in total. The van der Waals surface area contributed by atoms with E-state index in [9.17, 15) is 5.11 Å². The molecule has 0 bridgehead atoms. The van der Waals surface area contributed by atoms with Crippen molar-refractivity contribution in [3.05, 3.63) is 77.9 Å². The third kappa shape index (κ3) is 3.67. The summed E-state index contributed by atoms with van der Waals surface area (Å²) in [6, 6.07) is 22.1. The van der Waals surface area contributed by atoms with Gasteiger partial charge in [0.15, 0.2) is 0 Å². The molecule has 4 unspecified atom stereocenters. The van der Waals surface area contributed by atoms with Gasteiger partial charge in [0, 0.05) is 18.1 Å². The van der Waals surface area contributed by atoms with Gasteiger partial charge in [-0.25, -0.2) is 0 Å². The van der Waals surface area contributed by atoms with Gasteiger partial charge in [-0.05, 0) is 97.6 Å². The number of allylic oxidation sites excluding steroid dienone is 1. The average Bonchev–Trinajstić information content (AvgIpc) is 3.51. The van der Waals surface area contributed by atoms with Crippen LogP contribution in [0.4, 0.5) is 5.69 Å². The van der Waals surface area contributed by atoms with Crippen LogP contribution in [0.3, 0.4) is 0 Å². The van der Waals surface area contributed by atoms with Crippen LogP contribution in [0.25, 0.3) is 0 Å². The number of hydrogen-bond donors (Lipinski definition) is 1. The first kappa shape index (κ1) is 23.7. The topological polar surface area (TPSA) is 35.8 Å². The zero-order chi connectivity index (χ0) is 25.2. The van der Waals surface area contributed by atoms with Crippen molar-refractivity contribution in [1.29, 1.82) is 0 Å². The summed E-state index contributed by atoms with van der Waals surface area (Å²) in [6.07, 6.45) is 13.1. The van der Waals surface area contributed by atoms with Crippen molar-refractivity contribution in [1.82, 2.24) is 0 Å². The summed E-state index contributed by atoms with van der Waals surface area (Å²) in [7, 11) is 0. The van der Waals surface area contributed by atoms with Gasteiger partial charge >= 0.3 is 0 Å². The number of aliphatic hydroxyl groups excluding tert-OH is 1. The maximum Gasteiger partial charge on any atom is 0.0828 e. The quantitative estimate of drug-likeness (QED) is 0.440. The molecule has 0 saturated heterocycles. The molecule has 0 spiro atoms. The van der Waals surface area contributed by atoms with Gasteiger partial charge in [-0.3, -0.25) is 5.01 Å². The number of fused-ring (bicyclic) bond motifs is 5. The van der Waals surface area contributed by atoms with E-state index in [1.165, 1.54) is 55.5 Å². The molecule has 37 heavy (non-hydrogen) atoms. The van der Waals surface area contributed by atoms with Crippen LogP contribution < -0.4 is 5.01 Å². The SMILES string of the molecule is C[C@]12CC[C@H](O)CC1=CCC1C2CC[C@@]2(C)C1CC[C@@H]2C1=NN(c2ccccc2)C(c2ccccc2)C1. The van der Waals surface area contributed by atoms with Crippen LogP contribution >= 0.6 is 0 Å². The maximum atomic E-state index is 10.4. The van der Waals surface area contributed by atoms with E-state index in [0.717, 1.165) is 37.0 Å². The molecular weight excluding hydrogens is 452 g/mol. The summed E-state index contributed by atoms with van der Waals surface area (Å²) in [5.74, 6) is 2.97. The molecule has 0 radical (unpaired) electrons. The number of para-hydroxylation sites is 1. The lowest BCUT2D eigenvalue weighted by Gasteiger charge is -2.58. The van der Waals surface area contributed by atoms with Crippen molar-refractivity contribution >= 4 is 11.4 Å². The first-order valence-corrected chi connectivity index (χ1v) is 14.8. The molecule has 3 heteroatoms. The smallest absolute Gasteiger partial charge is 0.0828 e. The second-order valence-electron chi connectivity index (χ2n) is 13.2. The standard InChI is InChI=1S/C34H42N2O/c1-33-19-17-26(37)21-24(33)13-14-27-28-15-16-30(34(28,2)20-18-29(27)33)31-22-32(23-9-5-3-6-10-23)36(35-31)25-11-7-4-8-12-25/h3-13,26-30,32,37H,14-22H2,1-2H3/t26-,27?,28?,29?,30+,32?,33-,34-/m0/s1. The van der Waals surface area contributed by atoms with E-state index in [2.05, 4.69) is 85.6 Å². The van der Waals surface area contributed by atoms with Crippen molar-refractivity contribution in [2.24, 2.45) is 39.6 Å². The van der Waals surface area contributed by atoms with E-state index in [0.29, 0.717) is 16.7 Å². The van der Waals surface area contributed by atoms with Crippen LogP contribution in [0, 0.1) is 34.5 Å². The molecular formula is C34H42N2O. The predicted octanol–water partition coefficient (Wildman–Crippen LogP) is 7.93. The normalized spacial score (nSPS) is 40.9. The van der Waals surface area contributed by atoms with E-state index >= 15 is 0 Å². The molecule has 5 aliphatic rings. The summed E-state index contributed by atoms with van der Waals surface area (Å²) in [5.41, 5.74) is 6.26. The minimum atomic E-state index is -0.119. The van der Waals surface area contributed by atoms with Gasteiger partial charge in [-0.2, -0.15) is 5.10 Å². The number of anilines is 1. The molecule has 2 aromatic rings. The molecule has 1 heterocycles. The third-order valence-corrected chi connectivity index (χ3v) is 11.6. The Hall–Kier alpha value is -2.39. The Labute approximate surface area is 222 Å². The molecule has 0 amide bonds. The lowest BCUT2D eigenvalue weighted by molar-refractivity contribution is -0.0424. The number of hydrogen-bond acceptors (Lipinski definition) is 3. The average molecular weight is 495 g/mol. The molecule has 2 aromatic carbocycles. The Balaban J connectivity index is 1.19. The highest BCUT2D eigenvalue weighted by molar-refractivity contribution is 5.92. The van der Waals surface area contributed by atoms with Gasteiger partial charge in [0.2, 0.25) is 0 Å². The summed E-state index contributed by atoms with van der Waals surface area (Å²) in [6.45, 7) is 5.17. The van der Waals surface area contributed by atoms with Crippen LogP contribution in [0.2, 0.25) is 0 Å². The first-order valence-electron chi connectivity index (χ1n) is 14.8. The Kier molecular flexibility index (Phi) is 5.66. The van der Waals surface area contributed by atoms with Crippen LogP contribution in [0.15, 0.2) is 77.4 Å². The van der Waals surface area contributed by atoms with Gasteiger partial charge in [-0.1, -0.05) is 74.0 Å². The zero-order valence-electron chi connectivity index (χ0n) is 22.5. The highest BCUT2D eigenvalue weighted by Gasteiger charge is 2.59. The van der Waals surface area contributed by atoms with E-state index in [-0.39, 0.29) is 12.1 Å². The molecule has 1 aliphatic heterocycles. The summed E-state index contributed by atoms with van der Waals surface area (Å²) in [5, 5.41) is 18.1. The minimum Gasteiger partial charge on any atom is -0.393 e. The highest BCUT2D eigenvalue weighted by Crippen LogP contribution is 2.66. The van der Waals surface area contributed by atoms with Crippen molar-refractivity contribution in [3.63, 3.8) is 0 Å². The number of benzene rings is 2. The monoisotopic (exact) mass is 494 g/mol. The van der Waals surface area contributed by atoms with Crippen molar-refractivity contribution in [2.45, 2.75) is 83.8 Å². The lowest BCUT2D eigenvalue weighted by Crippen LogP contribution is -2.51. The zero-order valence-corrected chi connectivity index (χ0v) is 22.5. The number of rotatable bonds is 3. The van der Waals surface area contributed by atoms with Crippen molar-refractivity contribution < 1.29 is 5.11 Å². The van der Waals surface area contributed by atoms with Gasteiger partial charge < -0.3 is 5.11 Å². The molecule has 3 fully saturated rings. The van der Waals surface area contributed by atoms with Gasteiger partial charge in [0.25, 0.3) is 0 Å². The van der Waals surface area contributed by atoms with E-state index in [1.807, 2.05) is 0 Å². The molecule has 7 rings (SSSR count). The number of hydrazone groups is 1. The van der Waals surface area contributed by atoms with Gasteiger partial charge in [-0.15, -0.1) is 0 Å². The Bertz CT molecular complexity index is 1200. The summed E-state index contributed by atoms with van der Waals surface area (Å²) < 4.78 is 0. The maximum absolute atomic E-state index is 10.4. The fourth-order valence-corrected chi connectivity index (χ4v) is 9.69. The van der Waals surface area contributed by atoms with Crippen molar-refractivity contribution in [2.75, 3.05) is 5.01 Å². The summed E-state index contributed by atoms with van der Waals surface area (Å²) >= 11 is 0. The summed E-state index contributed by atoms with van der Waals surface area (Å²) in [4.78, 5) is 0.